The van der Waals surface area contributed by atoms with Gasteiger partial charge in [-0.25, -0.2) is 0 Å². The minimum atomic E-state index is -0.994. The van der Waals surface area contributed by atoms with Crippen LogP contribution < -0.4 is 0 Å². The molecule has 3 heteroatoms. The highest BCUT2D eigenvalue weighted by Crippen LogP contribution is 2.51. The minimum Gasteiger partial charge on any atom is -0.165 e. The summed E-state index contributed by atoms with van der Waals surface area (Å²) in [5.41, 5.74) is 1.67. The molecular formula is C12H25ClSSi. The highest BCUT2D eigenvalue weighted by atomic mass is 35.7. The van der Waals surface area contributed by atoms with Gasteiger partial charge in [0.2, 0.25) is 0 Å². The number of hydrogen-bond donors (Lipinski definition) is 0. The molecule has 0 amide bonds. The van der Waals surface area contributed by atoms with Gasteiger partial charge in [0.15, 0.2) is 0 Å². The Hall–Kier alpha value is 0.597. The van der Waals surface area contributed by atoms with Crippen LogP contribution in [0.1, 0.15) is 25.7 Å². The van der Waals surface area contributed by atoms with Gasteiger partial charge in [0.1, 0.15) is 0 Å². The van der Waals surface area contributed by atoms with Crippen LogP contribution in [0.15, 0.2) is 11.6 Å². The molecule has 0 aromatic carbocycles. The Morgan fingerprint density at radius 2 is 1.80 bits per heavy atom. The quantitative estimate of drug-likeness (QED) is 0.498. The molecule has 0 spiro atoms. The Kier molecular flexibility index (Phi) is 4.81. The van der Waals surface area contributed by atoms with E-state index in [0.717, 1.165) is 5.75 Å². The lowest BCUT2D eigenvalue weighted by molar-refractivity contribution is 0.886. The molecule has 0 aromatic rings. The fraction of sp³-hybridized carbons (Fsp3) is 0.833. The summed E-state index contributed by atoms with van der Waals surface area (Å²) in [4.78, 5) is 0. The lowest BCUT2D eigenvalue weighted by Crippen LogP contribution is -2.29. The first kappa shape index (κ1) is 13.7. The summed E-state index contributed by atoms with van der Waals surface area (Å²) in [6.07, 6.45) is 10.2. The van der Waals surface area contributed by atoms with Crippen molar-refractivity contribution in [3.8, 4) is 0 Å². The van der Waals surface area contributed by atoms with Crippen LogP contribution in [0.3, 0.4) is 0 Å². The van der Waals surface area contributed by atoms with Gasteiger partial charge in [-0.1, -0.05) is 42.0 Å². The zero-order chi connectivity index (χ0) is 11.5. The molecule has 1 atom stereocenters. The van der Waals surface area contributed by atoms with Crippen LogP contribution in [0.25, 0.3) is 0 Å². The summed E-state index contributed by atoms with van der Waals surface area (Å²) in [5, 5.41) is 1.30. The summed E-state index contributed by atoms with van der Waals surface area (Å²) >= 11 is 0. The van der Waals surface area contributed by atoms with E-state index >= 15 is 0 Å². The third-order valence-corrected chi connectivity index (χ3v) is 10.8. The smallest absolute Gasteiger partial charge is 0.0542 e. The van der Waals surface area contributed by atoms with Gasteiger partial charge in [-0.3, -0.25) is 0 Å². The highest BCUT2D eigenvalue weighted by molar-refractivity contribution is 8.51. The highest BCUT2D eigenvalue weighted by Gasteiger charge is 2.24. The molecule has 0 saturated heterocycles. The monoisotopic (exact) mass is 264 g/mol. The largest absolute Gasteiger partial charge is 0.165 e. The van der Waals surface area contributed by atoms with Crippen LogP contribution in [-0.2, 0) is 0 Å². The van der Waals surface area contributed by atoms with Crippen LogP contribution in [0.4, 0.5) is 0 Å². The fourth-order valence-corrected chi connectivity index (χ4v) is 13.7. The Morgan fingerprint density at radius 3 is 2.27 bits per heavy atom. The second-order valence-corrected chi connectivity index (χ2v) is 17.2. The van der Waals surface area contributed by atoms with Gasteiger partial charge in [0.25, 0.3) is 0 Å². The van der Waals surface area contributed by atoms with Crippen molar-refractivity contribution in [2.24, 2.45) is 0 Å². The summed E-state index contributed by atoms with van der Waals surface area (Å²) in [7, 11) is 4.81. The summed E-state index contributed by atoms with van der Waals surface area (Å²) < 4.78 is 0. The van der Waals surface area contributed by atoms with Crippen molar-refractivity contribution >= 4 is 28.0 Å². The molecule has 1 unspecified atom stereocenters. The topological polar surface area (TPSA) is 0 Å². The van der Waals surface area contributed by atoms with E-state index in [9.17, 15) is 0 Å². The van der Waals surface area contributed by atoms with Crippen LogP contribution in [0.2, 0.25) is 19.6 Å². The molecule has 0 bridgehead atoms. The molecule has 1 aliphatic rings. The average Bonchev–Trinajstić information content (AvgIpc) is 2.47. The molecule has 1 saturated carbocycles. The van der Waals surface area contributed by atoms with Gasteiger partial charge < -0.3 is 0 Å². The Morgan fingerprint density at radius 1 is 1.27 bits per heavy atom. The molecule has 0 N–H and O–H groups in total. The maximum Gasteiger partial charge on any atom is 0.0542 e. The molecule has 0 heterocycles. The van der Waals surface area contributed by atoms with Gasteiger partial charge in [-0.2, -0.15) is 9.24 Å². The van der Waals surface area contributed by atoms with Crippen molar-refractivity contribution in [1.82, 2.24) is 0 Å². The first-order chi connectivity index (χ1) is 6.79. The van der Waals surface area contributed by atoms with E-state index < -0.39 is 17.3 Å². The lowest BCUT2D eigenvalue weighted by atomic mass is 10.2. The molecule has 0 aromatic heterocycles. The molecule has 0 radical (unpaired) electrons. The number of halogens is 1. The molecular weight excluding hydrogens is 240 g/mol. The Labute approximate surface area is 102 Å². The predicted molar refractivity (Wildman–Crippen MR) is 79.0 cm³/mol. The van der Waals surface area contributed by atoms with E-state index in [2.05, 4.69) is 32.0 Å². The fourth-order valence-electron chi connectivity index (χ4n) is 2.29. The van der Waals surface area contributed by atoms with Crippen molar-refractivity contribution < 1.29 is 0 Å². The zero-order valence-corrected chi connectivity index (χ0v) is 13.2. The summed E-state index contributed by atoms with van der Waals surface area (Å²) in [5.74, 6) is 1.15. The number of hydrogen-bond acceptors (Lipinski definition) is 0. The van der Waals surface area contributed by atoms with Crippen LogP contribution in [-0.4, -0.2) is 25.5 Å². The zero-order valence-electron chi connectivity index (χ0n) is 10.6. The van der Waals surface area contributed by atoms with Crippen molar-refractivity contribution in [2.45, 2.75) is 45.3 Å². The molecule has 90 valence electrons. The van der Waals surface area contributed by atoms with Crippen LogP contribution in [0.5, 0.6) is 0 Å². The van der Waals surface area contributed by atoms with E-state index in [4.69, 9.17) is 10.7 Å². The molecule has 1 fully saturated rings. The summed E-state index contributed by atoms with van der Waals surface area (Å²) in [6.45, 7) is 7.26. The van der Waals surface area contributed by atoms with Gasteiger partial charge in [-0.05, 0) is 37.3 Å². The maximum atomic E-state index is 6.67. The SMILES string of the molecule is C[Si](C)(C)CS(C)(Cl)CC=C1CCCC1. The van der Waals surface area contributed by atoms with Gasteiger partial charge in [0.05, 0.1) is 8.07 Å². The van der Waals surface area contributed by atoms with E-state index in [1.54, 1.807) is 5.57 Å². The number of allylic oxidation sites excluding steroid dienone is 1. The van der Waals surface area contributed by atoms with Crippen molar-refractivity contribution in [3.63, 3.8) is 0 Å². The predicted octanol–water partition coefficient (Wildman–Crippen LogP) is 4.95. The van der Waals surface area contributed by atoms with Crippen molar-refractivity contribution in [1.29, 1.82) is 0 Å². The minimum absolute atomic E-state index is 0.869. The van der Waals surface area contributed by atoms with Crippen LogP contribution >= 0.6 is 19.9 Å². The molecule has 0 aliphatic heterocycles. The van der Waals surface area contributed by atoms with E-state index in [-0.39, 0.29) is 0 Å². The van der Waals surface area contributed by atoms with E-state index in [0.29, 0.717) is 0 Å². The maximum absolute atomic E-state index is 6.67. The Bertz CT molecular complexity index is 232. The van der Waals surface area contributed by atoms with Crippen molar-refractivity contribution in [2.75, 3.05) is 17.4 Å². The first-order valence-electron chi connectivity index (χ1n) is 5.90. The van der Waals surface area contributed by atoms with E-state index in [1.807, 2.05) is 0 Å². The third-order valence-electron chi connectivity index (χ3n) is 2.70. The van der Waals surface area contributed by atoms with Gasteiger partial charge >= 0.3 is 0 Å². The van der Waals surface area contributed by atoms with Gasteiger partial charge in [-0.15, -0.1) is 0 Å². The average molecular weight is 265 g/mol. The van der Waals surface area contributed by atoms with Gasteiger partial charge in [0, 0.05) is 5.75 Å². The lowest BCUT2D eigenvalue weighted by Gasteiger charge is -2.33. The normalized spacial score (nSPS) is 23.7. The molecule has 15 heavy (non-hydrogen) atoms. The third kappa shape index (κ3) is 6.03. The molecule has 1 rings (SSSR count). The molecule has 1 aliphatic carbocycles. The first-order valence-corrected chi connectivity index (χ1v) is 12.8. The second kappa shape index (κ2) is 5.28. The summed E-state index contributed by atoms with van der Waals surface area (Å²) in [6, 6.07) is 0. The van der Waals surface area contributed by atoms with E-state index in [1.165, 1.54) is 31.1 Å². The molecule has 0 nitrogen and oxygen atoms in total. The standard InChI is InChI=1S/C12H25ClSSi/c1-14(13,11-15(2,3)4)10-9-12-7-5-6-8-12/h9H,5-8,10-11H2,1-4H3. The van der Waals surface area contributed by atoms with Crippen molar-refractivity contribution in [3.05, 3.63) is 11.6 Å². The number of rotatable bonds is 4. The van der Waals surface area contributed by atoms with Crippen LogP contribution in [0, 0.1) is 0 Å². The Balaban J connectivity index is 2.45. The second-order valence-electron chi connectivity index (χ2n) is 6.10.